The zero-order chi connectivity index (χ0) is 20.8. The van der Waals surface area contributed by atoms with Gasteiger partial charge >= 0.3 is 0 Å². The Hall–Kier alpha value is -1.32. The first-order chi connectivity index (χ1) is 14.7. The lowest BCUT2D eigenvalue weighted by Gasteiger charge is -2.35. The Morgan fingerprint density at radius 1 is 1.19 bits per heavy atom. The number of benzene rings is 1. The Bertz CT molecular complexity index is 840. The maximum atomic E-state index is 6.16. The first kappa shape index (κ1) is 24.3. The van der Waals surface area contributed by atoms with E-state index in [1.165, 1.54) is 23.8 Å². The largest absolute Gasteiger partial charge is 0.459 e. The highest BCUT2D eigenvalue weighted by Crippen LogP contribution is 2.25. The lowest BCUT2D eigenvalue weighted by molar-refractivity contribution is -0.0721. The molecule has 1 unspecified atom stereocenters. The molecule has 1 aromatic carbocycles. The quantitative estimate of drug-likeness (QED) is 0.321. The van der Waals surface area contributed by atoms with Gasteiger partial charge in [-0.3, -0.25) is 0 Å². The van der Waals surface area contributed by atoms with Crippen LogP contribution in [0, 0.1) is 6.92 Å². The number of guanidine groups is 1. The number of hydrogen-bond donors (Lipinski definition) is 1. The number of halogens is 1. The van der Waals surface area contributed by atoms with Crippen LogP contribution in [0.25, 0.3) is 11.0 Å². The van der Waals surface area contributed by atoms with Gasteiger partial charge in [0, 0.05) is 37.2 Å². The molecule has 1 atom stereocenters. The highest BCUT2D eigenvalue weighted by atomic mass is 127. The molecule has 0 spiro atoms. The summed E-state index contributed by atoms with van der Waals surface area (Å²) in [5.74, 6) is 1.91. The molecule has 0 saturated carbocycles. The Morgan fingerprint density at radius 3 is 2.71 bits per heavy atom. The third kappa shape index (κ3) is 6.35. The number of nitrogens with one attached hydrogen (secondary N) is 1. The van der Waals surface area contributed by atoms with Crippen LogP contribution >= 0.6 is 24.0 Å². The molecule has 0 radical (unpaired) electrons. The fourth-order valence-electron chi connectivity index (χ4n) is 4.36. The topological polar surface area (TPSA) is 59.2 Å². The van der Waals surface area contributed by atoms with E-state index in [0.717, 1.165) is 69.4 Å². The highest BCUT2D eigenvalue weighted by molar-refractivity contribution is 14.0. The van der Waals surface area contributed by atoms with E-state index in [-0.39, 0.29) is 24.0 Å². The van der Waals surface area contributed by atoms with Crippen molar-refractivity contribution in [3.8, 4) is 0 Å². The van der Waals surface area contributed by atoms with Crippen molar-refractivity contribution in [3.05, 3.63) is 35.6 Å². The molecule has 2 aliphatic rings. The van der Waals surface area contributed by atoms with Crippen LogP contribution in [0.2, 0.25) is 0 Å². The summed E-state index contributed by atoms with van der Waals surface area (Å²) < 4.78 is 18.0. The molecule has 0 aliphatic carbocycles. The van der Waals surface area contributed by atoms with Crippen molar-refractivity contribution in [2.24, 2.45) is 4.99 Å². The second-order valence-corrected chi connectivity index (χ2v) is 8.32. The van der Waals surface area contributed by atoms with Gasteiger partial charge < -0.3 is 24.1 Å². The maximum Gasteiger partial charge on any atom is 0.194 e. The Morgan fingerprint density at radius 2 is 2.00 bits per heavy atom. The molecule has 31 heavy (non-hydrogen) atoms. The predicted octanol–water partition coefficient (Wildman–Crippen LogP) is 4.87. The predicted molar refractivity (Wildman–Crippen MR) is 135 cm³/mol. The van der Waals surface area contributed by atoms with Crippen LogP contribution in [0.5, 0.6) is 0 Å². The van der Waals surface area contributed by atoms with Gasteiger partial charge in [0.25, 0.3) is 0 Å². The molecule has 2 aromatic rings. The Balaban J connectivity index is 0.00000272. The second kappa shape index (κ2) is 12.1. The number of piperidine rings is 1. The summed E-state index contributed by atoms with van der Waals surface area (Å²) in [6.07, 6.45) is 6.27. The van der Waals surface area contributed by atoms with Gasteiger partial charge in [-0.2, -0.15) is 0 Å². The average Bonchev–Trinajstić information content (AvgIpc) is 3.12. The maximum absolute atomic E-state index is 6.16. The van der Waals surface area contributed by atoms with Crippen molar-refractivity contribution in [2.45, 2.75) is 64.7 Å². The van der Waals surface area contributed by atoms with E-state index < -0.39 is 0 Å². The number of aryl methyl sites for hydroxylation is 1. The van der Waals surface area contributed by atoms with Gasteiger partial charge in [-0.1, -0.05) is 18.2 Å². The minimum absolute atomic E-state index is 0. The minimum atomic E-state index is 0. The monoisotopic (exact) mass is 541 g/mol. The molecule has 2 saturated heterocycles. The molecule has 1 N–H and O–H groups in total. The van der Waals surface area contributed by atoms with Gasteiger partial charge in [0.15, 0.2) is 5.96 Å². The van der Waals surface area contributed by atoms with E-state index in [2.05, 4.69) is 36.2 Å². The molecule has 6 nitrogen and oxygen atoms in total. The van der Waals surface area contributed by atoms with Crippen LogP contribution in [-0.2, 0) is 16.0 Å². The van der Waals surface area contributed by atoms with E-state index in [4.69, 9.17) is 18.9 Å². The Labute approximate surface area is 202 Å². The zero-order valence-corrected chi connectivity index (χ0v) is 21.1. The number of likely N-dealkylation sites (tertiary alicyclic amines) is 1. The number of nitrogens with zero attached hydrogens (tertiary/aromatic N) is 2. The van der Waals surface area contributed by atoms with Crippen LogP contribution in [0.1, 0.15) is 50.4 Å². The van der Waals surface area contributed by atoms with E-state index in [0.29, 0.717) is 18.8 Å². The Kier molecular flexibility index (Phi) is 9.47. The summed E-state index contributed by atoms with van der Waals surface area (Å²) in [5.41, 5.74) is 2.12. The SMILES string of the molecule is CCNC(=NCc1oc2ccccc2c1C)N1CCC(OCC2CCCCO2)CC1.I. The molecular weight excluding hydrogens is 505 g/mol. The van der Waals surface area contributed by atoms with Crippen molar-refractivity contribution in [1.29, 1.82) is 0 Å². The molecule has 3 heterocycles. The van der Waals surface area contributed by atoms with Crippen molar-refractivity contribution in [1.82, 2.24) is 10.2 Å². The summed E-state index contributed by atoms with van der Waals surface area (Å²) in [7, 11) is 0. The number of aliphatic imine (C=N–C) groups is 1. The lowest BCUT2D eigenvalue weighted by atomic mass is 10.1. The standard InChI is InChI=1S/C24H35N3O3.HI/c1-3-25-24(26-16-23-18(2)21-9-4-5-10-22(21)30-23)27-13-11-19(12-14-27)29-17-20-8-6-7-15-28-20;/h4-5,9-10,19-20H,3,6-8,11-17H2,1-2H3,(H,25,26);1H. The van der Waals surface area contributed by atoms with Gasteiger partial charge in [-0.25, -0.2) is 4.99 Å². The summed E-state index contributed by atoms with van der Waals surface area (Å²) >= 11 is 0. The van der Waals surface area contributed by atoms with Crippen molar-refractivity contribution in [3.63, 3.8) is 0 Å². The summed E-state index contributed by atoms with van der Waals surface area (Å²) in [4.78, 5) is 7.23. The fourth-order valence-corrected chi connectivity index (χ4v) is 4.36. The summed E-state index contributed by atoms with van der Waals surface area (Å²) in [5, 5.41) is 4.62. The molecule has 2 fully saturated rings. The molecule has 0 bridgehead atoms. The van der Waals surface area contributed by atoms with Crippen LogP contribution in [0.3, 0.4) is 0 Å². The minimum Gasteiger partial charge on any atom is -0.459 e. The van der Waals surface area contributed by atoms with Crippen LogP contribution in [-0.4, -0.2) is 55.9 Å². The molecular formula is C24H36IN3O3. The normalized spacial score (nSPS) is 20.6. The molecule has 172 valence electrons. The number of rotatable bonds is 6. The molecule has 2 aliphatic heterocycles. The smallest absolute Gasteiger partial charge is 0.194 e. The number of furan rings is 1. The van der Waals surface area contributed by atoms with Gasteiger partial charge in [-0.05, 0) is 52.0 Å². The lowest BCUT2D eigenvalue weighted by Crippen LogP contribution is -2.47. The molecule has 0 amide bonds. The number of hydrogen-bond acceptors (Lipinski definition) is 4. The van der Waals surface area contributed by atoms with Crippen LogP contribution in [0.4, 0.5) is 0 Å². The number of ether oxygens (including phenoxy) is 2. The fraction of sp³-hybridized carbons (Fsp3) is 0.625. The van der Waals surface area contributed by atoms with E-state index in [9.17, 15) is 0 Å². The third-order valence-corrected chi connectivity index (χ3v) is 6.18. The van der Waals surface area contributed by atoms with Crippen molar-refractivity contribution >= 4 is 40.9 Å². The van der Waals surface area contributed by atoms with Gasteiger partial charge in [0.2, 0.25) is 0 Å². The van der Waals surface area contributed by atoms with E-state index in [1.807, 2.05) is 12.1 Å². The van der Waals surface area contributed by atoms with Crippen molar-refractivity contribution < 1.29 is 13.9 Å². The van der Waals surface area contributed by atoms with Gasteiger partial charge in [0.1, 0.15) is 17.9 Å². The van der Waals surface area contributed by atoms with E-state index >= 15 is 0 Å². The first-order valence-electron chi connectivity index (χ1n) is 11.5. The second-order valence-electron chi connectivity index (χ2n) is 8.32. The highest BCUT2D eigenvalue weighted by Gasteiger charge is 2.24. The van der Waals surface area contributed by atoms with Crippen LogP contribution in [0.15, 0.2) is 33.7 Å². The molecule has 4 rings (SSSR count). The molecule has 1 aromatic heterocycles. The number of para-hydroxylation sites is 1. The summed E-state index contributed by atoms with van der Waals surface area (Å²) in [6.45, 7) is 9.18. The number of fused-ring (bicyclic) bond motifs is 1. The van der Waals surface area contributed by atoms with E-state index in [1.54, 1.807) is 0 Å². The average molecular weight is 541 g/mol. The van der Waals surface area contributed by atoms with Gasteiger partial charge in [-0.15, -0.1) is 24.0 Å². The van der Waals surface area contributed by atoms with Gasteiger partial charge in [0.05, 0.1) is 18.8 Å². The molecule has 7 heteroatoms. The zero-order valence-electron chi connectivity index (χ0n) is 18.8. The third-order valence-electron chi connectivity index (χ3n) is 6.18. The summed E-state index contributed by atoms with van der Waals surface area (Å²) in [6, 6.07) is 8.18. The van der Waals surface area contributed by atoms with Crippen LogP contribution < -0.4 is 5.32 Å². The van der Waals surface area contributed by atoms with Crippen molar-refractivity contribution in [2.75, 3.05) is 32.8 Å². The first-order valence-corrected chi connectivity index (χ1v) is 11.5.